The Bertz CT molecular complexity index is 1210. The van der Waals surface area contributed by atoms with Crippen molar-refractivity contribution in [3.8, 4) is 0 Å². The standard InChI is InChI=1S/C23H26N4O7S2/c1-4-34-21(29)17-13(2)18(22(30)33-3)36-20(17)25-23(35)24-19(28)14-8-9-15(16(12-14)27(31)32)26-10-6-5-7-11-26/h8-9,12H,4-7,10-11H2,1-3H3,(H2,24,25,28,35). The topological polar surface area (TPSA) is 140 Å². The number of benzene rings is 1. The van der Waals surface area contributed by atoms with Crippen LogP contribution in [0.2, 0.25) is 0 Å². The van der Waals surface area contributed by atoms with Crippen molar-refractivity contribution >= 4 is 62.9 Å². The number of anilines is 2. The molecule has 3 rings (SSSR count). The van der Waals surface area contributed by atoms with E-state index < -0.39 is 22.8 Å². The van der Waals surface area contributed by atoms with Crippen LogP contribution in [0.3, 0.4) is 0 Å². The number of methoxy groups -OCH3 is 1. The molecule has 36 heavy (non-hydrogen) atoms. The molecule has 0 radical (unpaired) electrons. The molecule has 0 unspecified atom stereocenters. The van der Waals surface area contributed by atoms with Gasteiger partial charge in [0.1, 0.15) is 15.6 Å². The van der Waals surface area contributed by atoms with E-state index in [0.29, 0.717) is 11.3 Å². The molecule has 1 aromatic heterocycles. The number of hydrogen-bond donors (Lipinski definition) is 2. The van der Waals surface area contributed by atoms with E-state index in [0.717, 1.165) is 43.7 Å². The summed E-state index contributed by atoms with van der Waals surface area (Å²) in [5.41, 5.74) is 0.811. The zero-order valence-electron chi connectivity index (χ0n) is 20.0. The van der Waals surface area contributed by atoms with Crippen molar-refractivity contribution in [3.63, 3.8) is 0 Å². The Balaban J connectivity index is 1.81. The molecule has 11 nitrogen and oxygen atoms in total. The summed E-state index contributed by atoms with van der Waals surface area (Å²) >= 11 is 6.16. The first-order valence-electron chi connectivity index (χ1n) is 11.2. The minimum absolute atomic E-state index is 0.0508. The van der Waals surface area contributed by atoms with Crippen molar-refractivity contribution in [1.82, 2.24) is 5.32 Å². The van der Waals surface area contributed by atoms with Crippen LogP contribution < -0.4 is 15.5 Å². The van der Waals surface area contributed by atoms with Crippen LogP contribution in [-0.2, 0) is 9.47 Å². The van der Waals surface area contributed by atoms with Crippen LogP contribution in [-0.4, -0.2) is 54.7 Å². The largest absolute Gasteiger partial charge is 0.465 e. The molecular weight excluding hydrogens is 508 g/mol. The number of carbonyl (C=O) groups excluding carboxylic acids is 3. The van der Waals surface area contributed by atoms with Crippen molar-refractivity contribution in [2.45, 2.75) is 33.1 Å². The summed E-state index contributed by atoms with van der Waals surface area (Å²) in [6.45, 7) is 4.78. The summed E-state index contributed by atoms with van der Waals surface area (Å²) in [4.78, 5) is 50.7. The number of ether oxygens (including phenoxy) is 2. The first-order valence-corrected chi connectivity index (χ1v) is 12.4. The summed E-state index contributed by atoms with van der Waals surface area (Å²) in [6, 6.07) is 4.29. The molecule has 0 aliphatic carbocycles. The van der Waals surface area contributed by atoms with Crippen molar-refractivity contribution in [2.75, 3.05) is 37.0 Å². The lowest BCUT2D eigenvalue weighted by molar-refractivity contribution is -0.384. The van der Waals surface area contributed by atoms with Gasteiger partial charge in [-0.15, -0.1) is 11.3 Å². The van der Waals surface area contributed by atoms with Crippen LogP contribution in [0, 0.1) is 17.0 Å². The van der Waals surface area contributed by atoms with Gasteiger partial charge >= 0.3 is 11.9 Å². The first-order chi connectivity index (χ1) is 17.2. The summed E-state index contributed by atoms with van der Waals surface area (Å²) < 4.78 is 9.85. The Morgan fingerprint density at radius 3 is 2.50 bits per heavy atom. The zero-order valence-corrected chi connectivity index (χ0v) is 21.7. The van der Waals surface area contributed by atoms with E-state index >= 15 is 0 Å². The highest BCUT2D eigenvalue weighted by atomic mass is 32.1. The summed E-state index contributed by atoms with van der Waals surface area (Å²) in [7, 11) is 1.22. The highest BCUT2D eigenvalue weighted by molar-refractivity contribution is 7.80. The van der Waals surface area contributed by atoms with Gasteiger partial charge in [0.25, 0.3) is 11.6 Å². The molecule has 1 aliphatic heterocycles. The number of thiophene rings is 1. The number of rotatable bonds is 7. The van der Waals surface area contributed by atoms with E-state index in [1.165, 1.54) is 19.2 Å². The van der Waals surface area contributed by atoms with Crippen LogP contribution in [0.1, 0.15) is 62.1 Å². The molecule has 0 bridgehead atoms. The molecule has 1 saturated heterocycles. The SMILES string of the molecule is CCOC(=O)c1c(NC(=S)NC(=O)c2ccc(N3CCCCC3)c([N+](=O)[O-])c2)sc(C(=O)OC)c1C. The van der Waals surface area contributed by atoms with E-state index in [1.807, 2.05) is 4.90 Å². The number of nitrogens with one attached hydrogen (secondary N) is 2. The second kappa shape index (κ2) is 11.9. The molecule has 0 atom stereocenters. The lowest BCUT2D eigenvalue weighted by Crippen LogP contribution is -2.34. The third kappa shape index (κ3) is 5.97. The van der Waals surface area contributed by atoms with E-state index in [4.69, 9.17) is 21.7 Å². The third-order valence-electron chi connectivity index (χ3n) is 5.58. The Kier molecular flexibility index (Phi) is 8.93. The minimum atomic E-state index is -0.667. The fourth-order valence-electron chi connectivity index (χ4n) is 3.86. The van der Waals surface area contributed by atoms with Crippen LogP contribution in [0.4, 0.5) is 16.4 Å². The summed E-state index contributed by atoms with van der Waals surface area (Å²) in [5, 5.41) is 17.0. The highest BCUT2D eigenvalue weighted by Crippen LogP contribution is 2.34. The fraction of sp³-hybridized carbons (Fsp3) is 0.391. The number of amides is 1. The number of esters is 2. The maximum atomic E-state index is 12.8. The van der Waals surface area contributed by atoms with E-state index in [2.05, 4.69) is 10.6 Å². The van der Waals surface area contributed by atoms with Gasteiger partial charge in [0.2, 0.25) is 0 Å². The van der Waals surface area contributed by atoms with E-state index in [1.54, 1.807) is 19.9 Å². The highest BCUT2D eigenvalue weighted by Gasteiger charge is 2.27. The fourth-order valence-corrected chi connectivity index (χ4v) is 5.24. The lowest BCUT2D eigenvalue weighted by Gasteiger charge is -2.28. The maximum Gasteiger partial charge on any atom is 0.348 e. The number of piperidine rings is 1. The molecule has 1 amide bonds. The van der Waals surface area contributed by atoms with E-state index in [9.17, 15) is 24.5 Å². The van der Waals surface area contributed by atoms with Gasteiger partial charge in [0.05, 0.1) is 24.2 Å². The first kappa shape index (κ1) is 27.0. The minimum Gasteiger partial charge on any atom is -0.465 e. The molecule has 1 aliphatic rings. The van der Waals surface area contributed by atoms with Gasteiger partial charge < -0.3 is 19.7 Å². The smallest absolute Gasteiger partial charge is 0.348 e. The summed E-state index contributed by atoms with van der Waals surface area (Å²) in [5.74, 6) is -1.96. The second-order valence-corrected chi connectivity index (χ2v) is 9.32. The Morgan fingerprint density at radius 2 is 1.89 bits per heavy atom. The normalized spacial score (nSPS) is 13.0. The number of carbonyl (C=O) groups is 3. The molecule has 2 heterocycles. The van der Waals surface area contributed by atoms with Gasteiger partial charge in [0, 0.05) is 24.7 Å². The number of thiocarbonyl (C=S) groups is 1. The molecule has 1 aromatic carbocycles. The van der Waals surface area contributed by atoms with Crippen LogP contribution >= 0.6 is 23.6 Å². The lowest BCUT2D eigenvalue weighted by atomic mass is 10.1. The molecule has 0 saturated carbocycles. The molecule has 2 aromatic rings. The molecule has 13 heteroatoms. The maximum absolute atomic E-state index is 12.8. The Labute approximate surface area is 216 Å². The van der Waals surface area contributed by atoms with Crippen molar-refractivity contribution in [2.24, 2.45) is 0 Å². The zero-order chi connectivity index (χ0) is 26.4. The van der Waals surface area contributed by atoms with Crippen LogP contribution in [0.15, 0.2) is 18.2 Å². The average Bonchev–Trinajstić information content (AvgIpc) is 3.19. The van der Waals surface area contributed by atoms with Crippen molar-refractivity contribution in [1.29, 1.82) is 0 Å². The molecule has 2 N–H and O–H groups in total. The monoisotopic (exact) mass is 534 g/mol. The number of nitro groups is 1. The van der Waals surface area contributed by atoms with Gasteiger partial charge in [-0.3, -0.25) is 20.2 Å². The molecule has 0 spiro atoms. The number of hydrogen-bond acceptors (Lipinski definition) is 10. The van der Waals surface area contributed by atoms with Gasteiger partial charge in [-0.1, -0.05) is 0 Å². The predicted octanol–water partition coefficient (Wildman–Crippen LogP) is 4.05. The van der Waals surface area contributed by atoms with Gasteiger partial charge in [0.15, 0.2) is 5.11 Å². The van der Waals surface area contributed by atoms with Gasteiger partial charge in [-0.05, 0) is 63.0 Å². The quantitative estimate of drug-likeness (QED) is 0.231. The van der Waals surface area contributed by atoms with E-state index in [-0.39, 0.29) is 38.4 Å². The average molecular weight is 535 g/mol. The van der Waals surface area contributed by atoms with Crippen molar-refractivity contribution < 1.29 is 28.8 Å². The Hall–Kier alpha value is -3.58. The molecule has 192 valence electrons. The molecule has 1 fully saturated rings. The Morgan fingerprint density at radius 1 is 1.19 bits per heavy atom. The van der Waals surface area contributed by atoms with Crippen LogP contribution in [0.25, 0.3) is 0 Å². The number of nitro benzene ring substituents is 1. The predicted molar refractivity (Wildman–Crippen MR) is 139 cm³/mol. The van der Waals surface area contributed by atoms with Crippen LogP contribution in [0.5, 0.6) is 0 Å². The van der Waals surface area contributed by atoms with Crippen molar-refractivity contribution in [3.05, 3.63) is 49.9 Å². The van der Waals surface area contributed by atoms with Gasteiger partial charge in [-0.2, -0.15) is 0 Å². The third-order valence-corrected chi connectivity index (χ3v) is 6.97. The second-order valence-electron chi connectivity index (χ2n) is 7.89. The number of nitrogens with zero attached hydrogens (tertiary/aromatic N) is 2. The van der Waals surface area contributed by atoms with Gasteiger partial charge in [-0.25, -0.2) is 9.59 Å². The summed E-state index contributed by atoms with van der Waals surface area (Å²) in [6.07, 6.45) is 2.98. The molecular formula is C23H26N4O7S2.